The molecule has 0 aliphatic carbocycles. The number of unbranched alkanes of at least 4 members (excludes halogenated alkanes) is 8. The summed E-state index contributed by atoms with van der Waals surface area (Å²) >= 11 is 0. The molecule has 2 atom stereocenters. The second-order valence-electron chi connectivity index (χ2n) is 13.0. The van der Waals surface area contributed by atoms with Gasteiger partial charge in [0.15, 0.2) is 6.10 Å². The Hall–Kier alpha value is -2.81. The van der Waals surface area contributed by atoms with Gasteiger partial charge in [-0.1, -0.05) is 125 Å². The molecule has 0 spiro atoms. The summed E-state index contributed by atoms with van der Waals surface area (Å²) in [6.07, 6.45) is 39.1. The Labute approximate surface area is 303 Å². The van der Waals surface area contributed by atoms with Crippen LogP contribution in [0.15, 0.2) is 85.1 Å². The molecule has 0 radical (unpaired) electrons. The van der Waals surface area contributed by atoms with Crippen LogP contribution in [0.1, 0.15) is 104 Å². The molecule has 50 heavy (non-hydrogen) atoms. The van der Waals surface area contributed by atoms with E-state index in [1.165, 1.54) is 0 Å². The van der Waals surface area contributed by atoms with Gasteiger partial charge in [0, 0.05) is 12.8 Å². The van der Waals surface area contributed by atoms with Crippen molar-refractivity contribution in [2.24, 2.45) is 0 Å². The van der Waals surface area contributed by atoms with E-state index in [1.54, 1.807) is 0 Å². The Balaban J connectivity index is 4.59. The lowest BCUT2D eigenvalue weighted by atomic mass is 10.1. The molecule has 284 valence electrons. The number of allylic oxidation sites excluding steroid dienone is 14. The summed E-state index contributed by atoms with van der Waals surface area (Å²) in [5.41, 5.74) is 0. The first-order chi connectivity index (χ1) is 24.0. The topological polar surface area (TPSA) is 111 Å². The zero-order valence-electron chi connectivity index (χ0n) is 31.5. The minimum atomic E-state index is -4.64. The van der Waals surface area contributed by atoms with Crippen molar-refractivity contribution in [3.8, 4) is 0 Å². The molecule has 0 rings (SSSR count). The number of ether oxygens (including phenoxy) is 2. The van der Waals surface area contributed by atoms with E-state index < -0.39 is 32.5 Å². The lowest BCUT2D eigenvalue weighted by molar-refractivity contribution is -0.870. The number of esters is 2. The maximum absolute atomic E-state index is 12.6. The maximum atomic E-state index is 12.6. The van der Waals surface area contributed by atoms with Crippen molar-refractivity contribution in [2.75, 3.05) is 47.5 Å². The summed E-state index contributed by atoms with van der Waals surface area (Å²) in [4.78, 5) is 37.3. The highest BCUT2D eigenvalue weighted by molar-refractivity contribution is 7.45. The molecule has 0 heterocycles. The first-order valence-corrected chi connectivity index (χ1v) is 19.8. The molecular weight excluding hydrogens is 653 g/mol. The average molecular weight is 720 g/mol. The zero-order valence-corrected chi connectivity index (χ0v) is 32.4. The lowest BCUT2D eigenvalue weighted by Crippen LogP contribution is -2.37. The summed E-state index contributed by atoms with van der Waals surface area (Å²) < 4.78 is 33.6. The molecule has 0 saturated heterocycles. The van der Waals surface area contributed by atoms with Crippen molar-refractivity contribution < 1.29 is 42.1 Å². The van der Waals surface area contributed by atoms with E-state index in [0.717, 1.165) is 64.2 Å². The molecule has 0 aromatic carbocycles. The fourth-order valence-corrected chi connectivity index (χ4v) is 4.92. The van der Waals surface area contributed by atoms with Crippen molar-refractivity contribution in [1.82, 2.24) is 0 Å². The van der Waals surface area contributed by atoms with Gasteiger partial charge >= 0.3 is 11.9 Å². The van der Waals surface area contributed by atoms with E-state index in [4.69, 9.17) is 18.5 Å². The van der Waals surface area contributed by atoms with Gasteiger partial charge in [0.25, 0.3) is 7.82 Å². The highest BCUT2D eigenvalue weighted by atomic mass is 31.2. The first-order valence-electron chi connectivity index (χ1n) is 18.4. The summed E-state index contributed by atoms with van der Waals surface area (Å²) in [5, 5.41) is 0. The molecule has 0 bridgehead atoms. The van der Waals surface area contributed by atoms with E-state index in [2.05, 4.69) is 44.2 Å². The first kappa shape index (κ1) is 47.2. The third kappa shape index (κ3) is 35.0. The van der Waals surface area contributed by atoms with Crippen molar-refractivity contribution in [2.45, 2.75) is 110 Å². The minimum Gasteiger partial charge on any atom is -0.756 e. The van der Waals surface area contributed by atoms with Crippen LogP contribution in [0.3, 0.4) is 0 Å². The Morgan fingerprint density at radius 2 is 1.08 bits per heavy atom. The van der Waals surface area contributed by atoms with Crippen LogP contribution < -0.4 is 4.89 Å². The number of carbonyl (C=O) groups is 2. The summed E-state index contributed by atoms with van der Waals surface area (Å²) in [6, 6.07) is 0. The van der Waals surface area contributed by atoms with Crippen molar-refractivity contribution >= 4 is 19.8 Å². The molecule has 0 saturated carbocycles. The molecule has 0 aliphatic heterocycles. The second kappa shape index (κ2) is 32.1. The normalized spacial score (nSPS) is 14.8. The van der Waals surface area contributed by atoms with Crippen LogP contribution in [0.5, 0.6) is 0 Å². The monoisotopic (exact) mass is 719 g/mol. The Bertz CT molecular complexity index is 1130. The summed E-state index contributed by atoms with van der Waals surface area (Å²) in [6.45, 7) is 3.82. The summed E-state index contributed by atoms with van der Waals surface area (Å²) in [5.74, 6) is -0.919. The zero-order chi connectivity index (χ0) is 37.2. The SMILES string of the molecule is CC/C=C/C=C/C=C/C=C/CCCCCC(=O)OC(COC(=O)CCCCCCC/C=C/C=C/C=C/CC)COP(=O)([O-])OCC[N+](C)(C)C. The average Bonchev–Trinajstić information content (AvgIpc) is 3.06. The number of quaternary nitrogens is 1. The van der Waals surface area contributed by atoms with E-state index in [1.807, 2.05) is 75.8 Å². The molecule has 9 nitrogen and oxygen atoms in total. The Kier molecular flexibility index (Phi) is 30.3. The van der Waals surface area contributed by atoms with Crippen LogP contribution in [-0.2, 0) is 32.7 Å². The molecule has 0 aromatic rings. The number of hydrogen-bond donors (Lipinski definition) is 0. The fourth-order valence-electron chi connectivity index (χ4n) is 4.19. The number of carbonyl (C=O) groups excluding carboxylic acids is 2. The molecular formula is C40H66NO8P. The number of phosphoric acid groups is 1. The van der Waals surface area contributed by atoms with Crippen LogP contribution in [0.25, 0.3) is 0 Å². The van der Waals surface area contributed by atoms with Crippen molar-refractivity contribution in [3.63, 3.8) is 0 Å². The molecule has 10 heteroatoms. The van der Waals surface area contributed by atoms with Gasteiger partial charge in [0.05, 0.1) is 27.7 Å². The van der Waals surface area contributed by atoms with Gasteiger partial charge in [-0.3, -0.25) is 14.2 Å². The fraction of sp³-hybridized carbons (Fsp3) is 0.600. The van der Waals surface area contributed by atoms with Crippen LogP contribution in [-0.4, -0.2) is 70.0 Å². The quantitative estimate of drug-likeness (QED) is 0.0230. The molecule has 0 N–H and O–H groups in total. The van der Waals surface area contributed by atoms with Gasteiger partial charge in [-0.2, -0.15) is 0 Å². The number of nitrogens with zero attached hydrogens (tertiary/aromatic N) is 1. The van der Waals surface area contributed by atoms with Gasteiger partial charge < -0.3 is 27.9 Å². The number of likely N-dealkylation sites (N-methyl/N-ethyl adjacent to an activating group) is 1. The maximum Gasteiger partial charge on any atom is 0.306 e. The highest BCUT2D eigenvalue weighted by Crippen LogP contribution is 2.38. The predicted molar refractivity (Wildman–Crippen MR) is 203 cm³/mol. The predicted octanol–water partition coefficient (Wildman–Crippen LogP) is 9.04. The smallest absolute Gasteiger partial charge is 0.306 e. The number of rotatable bonds is 31. The van der Waals surface area contributed by atoms with E-state index in [-0.39, 0.29) is 26.1 Å². The van der Waals surface area contributed by atoms with E-state index >= 15 is 0 Å². The van der Waals surface area contributed by atoms with E-state index in [9.17, 15) is 19.0 Å². The van der Waals surface area contributed by atoms with Crippen LogP contribution in [0.4, 0.5) is 0 Å². The highest BCUT2D eigenvalue weighted by Gasteiger charge is 2.21. The van der Waals surface area contributed by atoms with Crippen LogP contribution in [0, 0.1) is 0 Å². The molecule has 0 aromatic heterocycles. The third-order valence-corrected chi connectivity index (χ3v) is 8.03. The van der Waals surface area contributed by atoms with Crippen LogP contribution in [0.2, 0.25) is 0 Å². The van der Waals surface area contributed by atoms with Crippen molar-refractivity contribution in [1.29, 1.82) is 0 Å². The van der Waals surface area contributed by atoms with E-state index in [0.29, 0.717) is 23.9 Å². The van der Waals surface area contributed by atoms with Gasteiger partial charge in [0.1, 0.15) is 19.8 Å². The van der Waals surface area contributed by atoms with Crippen molar-refractivity contribution in [3.05, 3.63) is 85.1 Å². The Morgan fingerprint density at radius 3 is 1.62 bits per heavy atom. The van der Waals surface area contributed by atoms with Crippen LogP contribution >= 0.6 is 7.82 Å². The Morgan fingerprint density at radius 1 is 0.620 bits per heavy atom. The van der Waals surface area contributed by atoms with Gasteiger partial charge in [-0.15, -0.1) is 0 Å². The molecule has 2 unspecified atom stereocenters. The number of hydrogen-bond acceptors (Lipinski definition) is 8. The molecule has 0 aliphatic rings. The van der Waals surface area contributed by atoms with Gasteiger partial charge in [-0.05, 0) is 51.4 Å². The van der Waals surface area contributed by atoms with Gasteiger partial charge in [0.2, 0.25) is 0 Å². The lowest BCUT2D eigenvalue weighted by Gasteiger charge is -2.28. The largest absolute Gasteiger partial charge is 0.756 e. The molecule has 0 amide bonds. The standard InChI is InChI=1S/C40H66NO8P/c1-6-8-10-12-14-16-18-20-22-24-26-28-30-32-39(42)46-36-38(37-48-50(44,45)47-35-34-41(3,4)5)49-40(43)33-31-29-27-25-23-21-19-17-15-13-11-9-7-2/h8-19,21,23,38H,6-7,20,22,24-37H2,1-5H3/b10-8+,11-9+,14-12+,15-13+,18-16+,19-17+,23-21+. The third-order valence-electron chi connectivity index (χ3n) is 7.07. The summed E-state index contributed by atoms with van der Waals surface area (Å²) in [7, 11) is 1.10. The minimum absolute atomic E-state index is 0.0477. The van der Waals surface area contributed by atoms with Gasteiger partial charge in [-0.25, -0.2) is 0 Å². The molecule has 0 fully saturated rings. The second-order valence-corrected chi connectivity index (χ2v) is 14.4. The number of phosphoric ester groups is 1.